The molecule has 6 aliphatic rings. The van der Waals surface area contributed by atoms with Crippen LogP contribution in [0, 0.1) is 0 Å². The van der Waals surface area contributed by atoms with Gasteiger partial charge < -0.3 is 176 Å². The molecule has 0 saturated carbocycles. The number of amides is 3. The van der Waals surface area contributed by atoms with Crippen molar-refractivity contribution in [2.75, 3.05) is 237 Å². The molecule has 12 rings (SSSR count). The van der Waals surface area contributed by atoms with Crippen molar-refractivity contribution >= 4 is 148 Å². The van der Waals surface area contributed by atoms with Crippen LogP contribution in [0.2, 0.25) is 15.9 Å². The first-order chi connectivity index (χ1) is 70.3. The molecule has 146 heavy (non-hydrogen) atoms. The fourth-order valence-electron chi connectivity index (χ4n) is 15.2. The van der Waals surface area contributed by atoms with E-state index < -0.39 is 271 Å². The van der Waals surface area contributed by atoms with Crippen LogP contribution in [0.5, 0.6) is 0 Å². The fourth-order valence-corrected chi connectivity index (χ4v) is 17.6. The summed E-state index contributed by atoms with van der Waals surface area (Å²) in [6.07, 6.45) is -28.2. The molecule has 6 saturated heterocycles. The van der Waals surface area contributed by atoms with Gasteiger partial charge >= 0.3 is 44.8 Å². The standard InChI is InChI=1S/C81H114Cl3N18O43P/c1-119-19-25-128-73(112)134-34-79(35-135-74(113)129-26-20-120-2,67(109)85-13-7-46-52(103)55(106)64(140-46)100-40-88-49-58(91-43-10-16-125-31-43)94-70(82)97-61(49)100)143-146(118,144-80(36-136-75(114)130-27-21-121-3,37-137-76(115)131-28-22-122-4)68(110)86-14-8-47-53(104)56(107)65(141-47)101-41-89-50-59(92-44-11-17-126-32-44)95-71(83)98-62(50)101)145-81(38-138-77(116)132-29-23-123-5,39-139-78(117)133-30-24-124-6)69(111)87-15-9-48-54(105)57(108)66(142-48)102-42-90-51-60(93-45-12-18-127-33-45)96-72(84)99-63(51)102/h40-48,52-57,64-66,103-108H,7-39H2,1-6H3,(H,85,109)(H,86,110)(H,87,111)(H,91,94,97)(H,92,95,98)(H,93,96,99)/t43-,44-,45-,46+,47+,48+,52+,53+,54+,55+,56+,57+,64+,65+,66+/m0/s1. The minimum Gasteiger partial charge on any atom is -0.432 e. The summed E-state index contributed by atoms with van der Waals surface area (Å²) >= 11 is 19.4. The maximum atomic E-state index is 18.2. The van der Waals surface area contributed by atoms with Gasteiger partial charge in [0.15, 0.2) is 69.6 Å². The van der Waals surface area contributed by atoms with Crippen LogP contribution in [0.1, 0.15) is 57.2 Å². The second-order valence-corrected chi connectivity index (χ2v) is 35.3. The van der Waals surface area contributed by atoms with Gasteiger partial charge in [0, 0.05) is 82.1 Å². The lowest BCUT2D eigenvalue weighted by atomic mass is 10.0. The van der Waals surface area contributed by atoms with E-state index in [9.17, 15) is 59.4 Å². The van der Waals surface area contributed by atoms with E-state index in [-0.39, 0.29) is 125 Å². The summed E-state index contributed by atoms with van der Waals surface area (Å²) in [6.45, 7) is -18.1. The van der Waals surface area contributed by atoms with Crippen LogP contribution >= 0.6 is 42.6 Å². The van der Waals surface area contributed by atoms with Gasteiger partial charge in [0.1, 0.15) is 116 Å². The number of carbonyl (C=O) groups is 9. The zero-order chi connectivity index (χ0) is 105. The molecule has 0 spiro atoms. The predicted molar refractivity (Wildman–Crippen MR) is 484 cm³/mol. The quantitative estimate of drug-likeness (QED) is 0.00761. The monoisotopic (exact) mass is 2160 g/mol. The minimum absolute atomic E-state index is 0.0226. The number of phosphoric ester groups is 1. The minimum atomic E-state index is -7.40. The molecule has 61 nitrogen and oxygen atoms in total. The number of fused-ring (bicyclic) bond motifs is 3. The van der Waals surface area contributed by atoms with E-state index in [1.54, 1.807) is 0 Å². The van der Waals surface area contributed by atoms with Gasteiger partial charge in [-0.3, -0.25) is 41.7 Å². The molecule has 15 atom stereocenters. The van der Waals surface area contributed by atoms with Gasteiger partial charge in [0.05, 0.1) is 115 Å². The largest absolute Gasteiger partial charge is 0.508 e. The number of rotatable bonds is 57. The van der Waals surface area contributed by atoms with Gasteiger partial charge in [-0.15, -0.1) is 0 Å². The first-order valence-electron chi connectivity index (χ1n) is 45.4. The van der Waals surface area contributed by atoms with E-state index in [1.807, 2.05) is 0 Å². The second-order valence-electron chi connectivity index (χ2n) is 32.9. The molecule has 0 aliphatic carbocycles. The Balaban J connectivity index is 0.991. The number of methoxy groups -OCH3 is 6. The third-order valence-electron chi connectivity index (χ3n) is 22.7. The lowest BCUT2D eigenvalue weighted by molar-refractivity contribution is -0.171. The van der Waals surface area contributed by atoms with Crippen LogP contribution in [0.25, 0.3) is 33.5 Å². The molecule has 12 heterocycles. The summed E-state index contributed by atoms with van der Waals surface area (Å²) in [7, 11) is -0.236. The molecule has 12 N–H and O–H groups in total. The first-order valence-corrected chi connectivity index (χ1v) is 48.0. The Labute approximate surface area is 843 Å². The van der Waals surface area contributed by atoms with Crippen molar-refractivity contribution < 1.29 is 206 Å². The Hall–Kier alpha value is -10.7. The number of aliphatic hydroxyl groups is 6. The van der Waals surface area contributed by atoms with Crippen molar-refractivity contribution in [2.45, 2.75) is 147 Å². The van der Waals surface area contributed by atoms with E-state index in [2.05, 4.69) is 76.8 Å². The van der Waals surface area contributed by atoms with Crippen molar-refractivity contribution in [3.63, 3.8) is 0 Å². The number of hydrogen-bond donors (Lipinski definition) is 12. The number of ether oxygens (including phenoxy) is 24. The molecule has 812 valence electrons. The number of nitrogens with one attached hydrogen (secondary N) is 6. The Morgan fingerprint density at radius 1 is 0.356 bits per heavy atom. The van der Waals surface area contributed by atoms with Gasteiger partial charge in [-0.05, 0) is 73.3 Å². The van der Waals surface area contributed by atoms with Crippen LogP contribution in [0.3, 0.4) is 0 Å². The highest BCUT2D eigenvalue weighted by Gasteiger charge is 2.62. The number of carbonyl (C=O) groups excluding carboxylic acids is 9. The Bertz CT molecular complexity index is 4780. The van der Waals surface area contributed by atoms with E-state index in [0.717, 1.165) is 0 Å². The van der Waals surface area contributed by atoms with E-state index in [0.29, 0.717) is 58.9 Å². The number of aliphatic hydroxyl groups excluding tert-OH is 6. The second kappa shape index (κ2) is 55.0. The molecule has 6 aromatic rings. The van der Waals surface area contributed by atoms with Gasteiger partial charge in [-0.2, -0.15) is 29.9 Å². The summed E-state index contributed by atoms with van der Waals surface area (Å²) in [5.41, 5.74) is -11.3. The topological polar surface area (TPSA) is 744 Å². The molecule has 3 amide bonds. The number of halogens is 3. The van der Waals surface area contributed by atoms with Gasteiger partial charge in [0.25, 0.3) is 17.7 Å². The van der Waals surface area contributed by atoms with Crippen LogP contribution in [-0.2, 0) is 146 Å². The van der Waals surface area contributed by atoms with Crippen molar-refractivity contribution in [1.29, 1.82) is 0 Å². The molecule has 6 aromatic heterocycles. The molecular formula is C81H114Cl3N18O43P. The predicted octanol–water partition coefficient (Wildman–Crippen LogP) is -0.383. The lowest BCUT2D eigenvalue weighted by Crippen LogP contribution is -2.60. The summed E-state index contributed by atoms with van der Waals surface area (Å²) < 4.78 is 172. The van der Waals surface area contributed by atoms with Gasteiger partial charge in [-0.1, -0.05) is 0 Å². The molecule has 65 heteroatoms. The number of anilines is 3. The zero-order valence-electron chi connectivity index (χ0n) is 79.5. The molecule has 0 bridgehead atoms. The fraction of sp³-hybridized carbons (Fsp3) is 0.704. The van der Waals surface area contributed by atoms with Crippen molar-refractivity contribution in [3.05, 3.63) is 34.8 Å². The van der Waals surface area contributed by atoms with Crippen molar-refractivity contribution in [2.24, 2.45) is 0 Å². The molecule has 6 fully saturated rings. The smallest absolute Gasteiger partial charge is 0.432 e. The summed E-state index contributed by atoms with van der Waals surface area (Å²) in [6, 6.07) is -0.720. The van der Waals surface area contributed by atoms with Crippen LogP contribution in [0.4, 0.5) is 46.2 Å². The number of phosphoric acid groups is 1. The molecule has 0 unspecified atom stereocenters. The number of imidazole rings is 3. The normalized spacial score (nSPS) is 22.6. The van der Waals surface area contributed by atoms with E-state index in [1.165, 1.54) is 75.3 Å². The molecule has 0 aromatic carbocycles. The SMILES string of the molecule is COCCOC(=O)OCC(COC(=O)OCCOC)(OP(=O)(OC(COC(=O)OCCOC)(COC(=O)OCCOC)C(=O)NCC[C@H]1O[C@@H](n2cnc3c(N[C@H]4CCOC4)nc(Cl)nc32)[C@H](O)[C@@H]1O)OC(COC(=O)OCCOC)(COC(=O)OCCOC)C(=O)NCC[C@H]1O[C@@H](n2cnc3c(N[C@H]4CCOC4)nc(Cl)nc32)[C@H](O)[C@@H]1O)C(=O)NCC[C@H]1O[C@@H](n2cnc3c(N[C@H]4CCOC4)nc(Cl)nc32)[C@H](O)[C@@H]1O. The average molecular weight is 2170 g/mol. The van der Waals surface area contributed by atoms with Gasteiger partial charge in [0.2, 0.25) is 32.7 Å². The van der Waals surface area contributed by atoms with Crippen molar-refractivity contribution in [1.82, 2.24) is 74.5 Å². The van der Waals surface area contributed by atoms with Gasteiger partial charge in [-0.25, -0.2) is 48.3 Å². The first kappa shape index (κ1) is 114. The maximum Gasteiger partial charge on any atom is 0.508 e. The molecule has 6 aliphatic heterocycles. The highest BCUT2D eigenvalue weighted by Crippen LogP contribution is 2.59. The molecule has 0 radical (unpaired) electrons. The van der Waals surface area contributed by atoms with Crippen LogP contribution in [-0.4, -0.2) is 455 Å². The van der Waals surface area contributed by atoms with Crippen LogP contribution in [0.15, 0.2) is 19.0 Å². The Kier molecular flexibility index (Phi) is 43.0. The zero-order valence-corrected chi connectivity index (χ0v) is 82.6. The third-order valence-corrected chi connectivity index (χ3v) is 24.9. The summed E-state index contributed by atoms with van der Waals surface area (Å²) in [4.78, 5) is 174. The number of aromatic nitrogens is 12. The third kappa shape index (κ3) is 30.4. The van der Waals surface area contributed by atoms with E-state index >= 15 is 18.9 Å². The Morgan fingerprint density at radius 2 is 0.589 bits per heavy atom. The molecular weight excluding hydrogens is 2050 g/mol. The lowest BCUT2D eigenvalue weighted by Gasteiger charge is -2.40. The Morgan fingerprint density at radius 3 is 0.801 bits per heavy atom. The van der Waals surface area contributed by atoms with E-state index in [4.69, 9.17) is 162 Å². The number of nitrogens with zero attached hydrogens (tertiary/aromatic N) is 12. The van der Waals surface area contributed by atoms with Crippen molar-refractivity contribution in [3.8, 4) is 0 Å². The highest BCUT2D eigenvalue weighted by molar-refractivity contribution is 7.48. The maximum absolute atomic E-state index is 18.2. The van der Waals surface area contributed by atoms with Crippen LogP contribution < -0.4 is 31.9 Å². The summed E-state index contributed by atoms with van der Waals surface area (Å²) in [5, 5.41) is 87.1. The highest BCUT2D eigenvalue weighted by atomic mass is 35.5. The number of hydrogen-bond acceptors (Lipinski definition) is 55. The summed E-state index contributed by atoms with van der Waals surface area (Å²) in [5.74, 6) is -5.16. The average Bonchev–Trinajstić information content (AvgIpc) is 1.34.